The van der Waals surface area contributed by atoms with Gasteiger partial charge in [-0.25, -0.2) is 0 Å². The number of ether oxygens (including phenoxy) is 3. The number of esters is 3. The van der Waals surface area contributed by atoms with E-state index < -0.39 is 6.10 Å². The standard InChI is InChI=1S/C53H102O6/c1-6-7-8-9-10-11-12-13-14-15-16-17-18-19-20-24-27-33-38-43-51(54)57-46-50(47-58-52(55)44-39-34-30-29-32-37-42-49(4)5)59-53(56)45-40-35-28-25-22-21-23-26-31-36-41-48(2)3/h48-50H,6-47H2,1-5H3/t50-/m0/s1. The summed E-state index contributed by atoms with van der Waals surface area (Å²) in [6, 6.07) is 0. The lowest BCUT2D eigenvalue weighted by molar-refractivity contribution is -0.167. The van der Waals surface area contributed by atoms with Crippen molar-refractivity contribution in [3.63, 3.8) is 0 Å². The highest BCUT2D eigenvalue weighted by Crippen LogP contribution is 2.17. The SMILES string of the molecule is CCCCCCCCCCCCCCCCCCCCCC(=O)OC[C@@H](COC(=O)CCCCCCCCC(C)C)OC(=O)CCCCCCCCCCCCC(C)C. The van der Waals surface area contributed by atoms with Crippen LogP contribution in [0, 0.1) is 11.8 Å². The van der Waals surface area contributed by atoms with Crippen molar-refractivity contribution in [3.05, 3.63) is 0 Å². The highest BCUT2D eigenvalue weighted by molar-refractivity contribution is 5.71. The van der Waals surface area contributed by atoms with Crippen LogP contribution in [0.3, 0.4) is 0 Å². The monoisotopic (exact) mass is 835 g/mol. The fourth-order valence-electron chi connectivity index (χ4n) is 7.99. The Morgan fingerprint density at radius 1 is 0.322 bits per heavy atom. The third-order valence-corrected chi connectivity index (χ3v) is 12.0. The van der Waals surface area contributed by atoms with Gasteiger partial charge in [-0.1, -0.05) is 253 Å². The van der Waals surface area contributed by atoms with Crippen LogP contribution in [-0.2, 0) is 28.6 Å². The summed E-state index contributed by atoms with van der Waals surface area (Å²) < 4.78 is 16.8. The Bertz CT molecular complexity index is 900. The summed E-state index contributed by atoms with van der Waals surface area (Å²) in [6.07, 6.45) is 46.8. The Balaban J connectivity index is 4.22. The van der Waals surface area contributed by atoms with E-state index in [0.29, 0.717) is 19.3 Å². The molecule has 0 saturated carbocycles. The van der Waals surface area contributed by atoms with Gasteiger partial charge in [0.05, 0.1) is 0 Å². The van der Waals surface area contributed by atoms with Gasteiger partial charge in [0.25, 0.3) is 0 Å². The average Bonchev–Trinajstić information content (AvgIpc) is 3.20. The van der Waals surface area contributed by atoms with E-state index in [1.54, 1.807) is 0 Å². The van der Waals surface area contributed by atoms with Gasteiger partial charge in [-0.15, -0.1) is 0 Å². The first kappa shape index (κ1) is 57.4. The normalized spacial score (nSPS) is 12.1. The zero-order valence-corrected chi connectivity index (χ0v) is 40.4. The summed E-state index contributed by atoms with van der Waals surface area (Å²) in [6.45, 7) is 11.3. The Kier molecular flexibility index (Phi) is 44.7. The first-order valence-corrected chi connectivity index (χ1v) is 26.2. The van der Waals surface area contributed by atoms with Crippen LogP contribution in [0.1, 0.15) is 291 Å². The van der Waals surface area contributed by atoms with Crippen molar-refractivity contribution < 1.29 is 28.6 Å². The Hall–Kier alpha value is -1.59. The van der Waals surface area contributed by atoms with Crippen molar-refractivity contribution in [3.8, 4) is 0 Å². The van der Waals surface area contributed by atoms with Gasteiger partial charge in [-0.3, -0.25) is 14.4 Å². The molecule has 6 heteroatoms. The molecule has 0 aromatic carbocycles. The van der Waals surface area contributed by atoms with E-state index in [0.717, 1.165) is 69.6 Å². The van der Waals surface area contributed by atoms with E-state index in [1.165, 1.54) is 180 Å². The number of rotatable bonds is 47. The molecule has 0 N–H and O–H groups in total. The van der Waals surface area contributed by atoms with Crippen LogP contribution in [0.5, 0.6) is 0 Å². The van der Waals surface area contributed by atoms with E-state index in [9.17, 15) is 14.4 Å². The second-order valence-electron chi connectivity index (χ2n) is 19.1. The number of carbonyl (C=O) groups excluding carboxylic acids is 3. The lowest BCUT2D eigenvalue weighted by Gasteiger charge is -2.18. The predicted octanol–water partition coefficient (Wildman–Crippen LogP) is 16.9. The van der Waals surface area contributed by atoms with Crippen LogP contribution in [-0.4, -0.2) is 37.2 Å². The van der Waals surface area contributed by atoms with Crippen molar-refractivity contribution in [2.75, 3.05) is 13.2 Å². The van der Waals surface area contributed by atoms with Gasteiger partial charge in [0.1, 0.15) is 13.2 Å². The summed E-state index contributed by atoms with van der Waals surface area (Å²) in [5, 5.41) is 0. The summed E-state index contributed by atoms with van der Waals surface area (Å²) in [5.41, 5.74) is 0. The molecule has 0 amide bonds. The molecule has 6 nitrogen and oxygen atoms in total. The molecule has 0 aliphatic heterocycles. The minimum absolute atomic E-state index is 0.0647. The van der Waals surface area contributed by atoms with E-state index >= 15 is 0 Å². The Labute approximate surface area is 368 Å². The molecule has 1 atom stereocenters. The summed E-state index contributed by atoms with van der Waals surface area (Å²) >= 11 is 0. The Morgan fingerprint density at radius 3 is 0.831 bits per heavy atom. The maximum Gasteiger partial charge on any atom is 0.306 e. The first-order valence-electron chi connectivity index (χ1n) is 26.2. The highest BCUT2D eigenvalue weighted by atomic mass is 16.6. The van der Waals surface area contributed by atoms with Crippen LogP contribution in [0.25, 0.3) is 0 Å². The predicted molar refractivity (Wildman–Crippen MR) is 252 cm³/mol. The molecule has 0 unspecified atom stereocenters. The third kappa shape index (κ3) is 47.3. The molecule has 0 rings (SSSR count). The van der Waals surface area contributed by atoms with Crippen LogP contribution >= 0.6 is 0 Å². The van der Waals surface area contributed by atoms with Crippen molar-refractivity contribution in [2.24, 2.45) is 11.8 Å². The topological polar surface area (TPSA) is 78.9 Å². The molecule has 0 aliphatic carbocycles. The molecule has 0 bridgehead atoms. The molecular formula is C53H102O6. The average molecular weight is 835 g/mol. The second-order valence-corrected chi connectivity index (χ2v) is 19.1. The summed E-state index contributed by atoms with van der Waals surface area (Å²) in [4.78, 5) is 37.9. The minimum Gasteiger partial charge on any atom is -0.462 e. The molecule has 0 heterocycles. The number of hydrogen-bond acceptors (Lipinski definition) is 6. The lowest BCUT2D eigenvalue weighted by Crippen LogP contribution is -2.30. The maximum absolute atomic E-state index is 12.8. The van der Waals surface area contributed by atoms with Gasteiger partial charge in [0.15, 0.2) is 6.10 Å². The Morgan fingerprint density at radius 2 is 0.559 bits per heavy atom. The van der Waals surface area contributed by atoms with Crippen molar-refractivity contribution in [1.82, 2.24) is 0 Å². The van der Waals surface area contributed by atoms with Crippen LogP contribution in [0.15, 0.2) is 0 Å². The van der Waals surface area contributed by atoms with Gasteiger partial charge < -0.3 is 14.2 Å². The molecule has 0 radical (unpaired) electrons. The van der Waals surface area contributed by atoms with Gasteiger partial charge in [-0.05, 0) is 31.1 Å². The molecule has 0 fully saturated rings. The molecule has 350 valence electrons. The number of unbranched alkanes of at least 4 members (excludes halogenated alkanes) is 32. The maximum atomic E-state index is 12.8. The molecule has 0 aromatic rings. The van der Waals surface area contributed by atoms with Crippen molar-refractivity contribution >= 4 is 17.9 Å². The third-order valence-electron chi connectivity index (χ3n) is 12.0. The number of carbonyl (C=O) groups is 3. The fraction of sp³-hybridized carbons (Fsp3) is 0.943. The molecule has 0 spiro atoms. The van der Waals surface area contributed by atoms with Gasteiger partial charge >= 0.3 is 17.9 Å². The van der Waals surface area contributed by atoms with E-state index in [4.69, 9.17) is 14.2 Å². The molecule has 59 heavy (non-hydrogen) atoms. The quantitative estimate of drug-likeness (QED) is 0.0345. The minimum atomic E-state index is -0.762. The van der Waals surface area contributed by atoms with Crippen LogP contribution in [0.4, 0.5) is 0 Å². The summed E-state index contributed by atoms with van der Waals surface area (Å²) in [5.74, 6) is 0.725. The van der Waals surface area contributed by atoms with E-state index in [-0.39, 0.29) is 31.1 Å². The fourth-order valence-corrected chi connectivity index (χ4v) is 7.99. The molecule has 0 saturated heterocycles. The molecular weight excluding hydrogens is 733 g/mol. The smallest absolute Gasteiger partial charge is 0.306 e. The van der Waals surface area contributed by atoms with E-state index in [2.05, 4.69) is 34.6 Å². The molecule has 0 aliphatic rings. The first-order chi connectivity index (χ1) is 28.7. The highest BCUT2D eigenvalue weighted by Gasteiger charge is 2.19. The molecule has 0 aromatic heterocycles. The van der Waals surface area contributed by atoms with Crippen LogP contribution in [0.2, 0.25) is 0 Å². The zero-order valence-electron chi connectivity index (χ0n) is 40.4. The van der Waals surface area contributed by atoms with Crippen molar-refractivity contribution in [2.45, 2.75) is 298 Å². The van der Waals surface area contributed by atoms with E-state index in [1.807, 2.05) is 0 Å². The number of hydrogen-bond donors (Lipinski definition) is 0. The zero-order chi connectivity index (χ0) is 43.3. The largest absolute Gasteiger partial charge is 0.462 e. The van der Waals surface area contributed by atoms with Gasteiger partial charge in [0.2, 0.25) is 0 Å². The van der Waals surface area contributed by atoms with Crippen LogP contribution < -0.4 is 0 Å². The lowest BCUT2D eigenvalue weighted by atomic mass is 10.0. The van der Waals surface area contributed by atoms with Gasteiger partial charge in [-0.2, -0.15) is 0 Å². The van der Waals surface area contributed by atoms with Gasteiger partial charge in [0, 0.05) is 19.3 Å². The second kappa shape index (κ2) is 45.9. The van der Waals surface area contributed by atoms with Crippen molar-refractivity contribution in [1.29, 1.82) is 0 Å². The summed E-state index contributed by atoms with van der Waals surface area (Å²) in [7, 11) is 0.